The van der Waals surface area contributed by atoms with Gasteiger partial charge < -0.3 is 18.9 Å². The predicted molar refractivity (Wildman–Crippen MR) is 102 cm³/mol. The van der Waals surface area contributed by atoms with Crippen LogP contribution in [-0.2, 0) is 9.47 Å². The van der Waals surface area contributed by atoms with Gasteiger partial charge in [-0.3, -0.25) is 0 Å². The Kier molecular flexibility index (Phi) is 5.29. The number of benzene rings is 1. The Labute approximate surface area is 164 Å². The van der Waals surface area contributed by atoms with Crippen LogP contribution in [0.1, 0.15) is 74.3 Å². The highest BCUT2D eigenvalue weighted by Gasteiger charge is 2.40. The van der Waals surface area contributed by atoms with E-state index in [1.807, 2.05) is 0 Å². The van der Waals surface area contributed by atoms with Gasteiger partial charge in [-0.25, -0.2) is 9.59 Å². The van der Waals surface area contributed by atoms with Crippen LogP contribution in [0, 0.1) is 0 Å². The van der Waals surface area contributed by atoms with Gasteiger partial charge in [0.25, 0.3) is 0 Å². The minimum absolute atomic E-state index is 0.203. The van der Waals surface area contributed by atoms with Gasteiger partial charge in [-0.15, -0.1) is 0 Å². The molecule has 150 valence electrons. The Bertz CT molecular complexity index is 758. The Balaban J connectivity index is 1.89. The van der Waals surface area contributed by atoms with E-state index in [2.05, 4.69) is 0 Å². The quantitative estimate of drug-likeness (QED) is 0.374. The Morgan fingerprint density at radius 2 is 1.18 bits per heavy atom. The molecule has 0 saturated heterocycles. The van der Waals surface area contributed by atoms with Gasteiger partial charge >= 0.3 is 12.3 Å². The molecule has 0 heterocycles. The van der Waals surface area contributed by atoms with Gasteiger partial charge in [0.05, 0.1) is 14.2 Å². The van der Waals surface area contributed by atoms with Crippen molar-refractivity contribution in [1.29, 1.82) is 0 Å². The number of methoxy groups -OCH3 is 2. The number of rotatable bonds is 2. The maximum atomic E-state index is 11.9. The summed E-state index contributed by atoms with van der Waals surface area (Å²) >= 11 is 0. The molecule has 0 spiro atoms. The molecular weight excluding hydrogens is 360 g/mol. The molecule has 6 heteroatoms. The van der Waals surface area contributed by atoms with Crippen molar-refractivity contribution >= 4 is 12.3 Å². The number of allylic oxidation sites excluding steroid dienone is 2. The average Bonchev–Trinajstić information content (AvgIpc) is 2.74. The SMILES string of the molecule is COC(=O)Oc1ccc(OC(=O)OC)c2c1[C@@H]1CCCCC1=C1CCCC[C@@H]12. The number of fused-ring (bicyclic) bond motifs is 5. The number of carbonyl (C=O) groups is 2. The second-order valence-corrected chi connectivity index (χ2v) is 7.65. The van der Waals surface area contributed by atoms with Gasteiger partial charge in [0.1, 0.15) is 11.5 Å². The van der Waals surface area contributed by atoms with Crippen LogP contribution in [0.25, 0.3) is 0 Å². The number of ether oxygens (including phenoxy) is 4. The molecule has 6 nitrogen and oxygen atoms in total. The molecule has 0 N–H and O–H groups in total. The summed E-state index contributed by atoms with van der Waals surface area (Å²) in [6.07, 6.45) is 7.39. The zero-order valence-corrected chi connectivity index (χ0v) is 16.4. The van der Waals surface area contributed by atoms with Crippen LogP contribution in [0.15, 0.2) is 23.3 Å². The maximum absolute atomic E-state index is 11.9. The van der Waals surface area contributed by atoms with Crippen LogP contribution in [0.5, 0.6) is 11.5 Å². The van der Waals surface area contributed by atoms with E-state index in [0.29, 0.717) is 11.5 Å². The molecule has 0 aromatic heterocycles. The molecule has 0 amide bonds. The maximum Gasteiger partial charge on any atom is 0.513 e. The second-order valence-electron chi connectivity index (χ2n) is 7.65. The number of hydrogen-bond donors (Lipinski definition) is 0. The highest BCUT2D eigenvalue weighted by Crippen LogP contribution is 2.57. The van der Waals surface area contributed by atoms with Crippen molar-refractivity contribution in [2.45, 2.75) is 63.2 Å². The van der Waals surface area contributed by atoms with Crippen molar-refractivity contribution in [3.63, 3.8) is 0 Å². The van der Waals surface area contributed by atoms with Crippen LogP contribution in [0.3, 0.4) is 0 Å². The fraction of sp³-hybridized carbons (Fsp3) is 0.545. The molecule has 4 rings (SSSR count). The molecule has 2 saturated carbocycles. The number of hydrogen-bond acceptors (Lipinski definition) is 6. The molecule has 2 atom stereocenters. The lowest BCUT2D eigenvalue weighted by Crippen LogP contribution is -2.26. The largest absolute Gasteiger partial charge is 0.513 e. The number of carbonyl (C=O) groups excluding carboxylic acids is 2. The Morgan fingerprint density at radius 1 is 0.750 bits per heavy atom. The van der Waals surface area contributed by atoms with Crippen LogP contribution in [0.2, 0.25) is 0 Å². The highest BCUT2D eigenvalue weighted by molar-refractivity contribution is 5.70. The van der Waals surface area contributed by atoms with Gasteiger partial charge in [-0.2, -0.15) is 0 Å². The summed E-state index contributed by atoms with van der Waals surface area (Å²) in [4.78, 5) is 23.7. The van der Waals surface area contributed by atoms with Crippen molar-refractivity contribution in [3.8, 4) is 11.5 Å². The first kappa shape index (κ1) is 18.8. The van der Waals surface area contributed by atoms with E-state index < -0.39 is 12.3 Å². The topological polar surface area (TPSA) is 71.1 Å². The van der Waals surface area contributed by atoms with Crippen molar-refractivity contribution in [2.24, 2.45) is 0 Å². The van der Waals surface area contributed by atoms with Crippen molar-refractivity contribution in [2.75, 3.05) is 14.2 Å². The van der Waals surface area contributed by atoms with E-state index in [0.717, 1.165) is 49.7 Å². The molecule has 1 aromatic rings. The molecule has 2 fully saturated rings. The Morgan fingerprint density at radius 3 is 1.57 bits per heavy atom. The van der Waals surface area contributed by atoms with Gasteiger partial charge in [-0.05, 0) is 50.7 Å². The van der Waals surface area contributed by atoms with Crippen LogP contribution < -0.4 is 9.47 Å². The molecule has 0 radical (unpaired) electrons. The summed E-state index contributed by atoms with van der Waals surface area (Å²) in [5, 5.41) is 0. The zero-order valence-electron chi connectivity index (χ0n) is 16.4. The summed E-state index contributed by atoms with van der Waals surface area (Å²) in [5.74, 6) is 1.42. The molecule has 1 aromatic carbocycles. The van der Waals surface area contributed by atoms with Gasteiger partial charge in [0.2, 0.25) is 0 Å². The first-order valence-electron chi connectivity index (χ1n) is 10.0. The highest BCUT2D eigenvalue weighted by atomic mass is 16.7. The second kappa shape index (κ2) is 7.86. The normalized spacial score (nSPS) is 23.1. The van der Waals surface area contributed by atoms with Crippen molar-refractivity contribution in [3.05, 3.63) is 34.4 Å². The van der Waals surface area contributed by atoms with Crippen LogP contribution in [-0.4, -0.2) is 26.5 Å². The third-order valence-electron chi connectivity index (χ3n) is 6.26. The van der Waals surface area contributed by atoms with E-state index in [4.69, 9.17) is 18.9 Å². The van der Waals surface area contributed by atoms with Crippen LogP contribution >= 0.6 is 0 Å². The first-order chi connectivity index (χ1) is 13.6. The van der Waals surface area contributed by atoms with Gasteiger partial charge in [0, 0.05) is 23.0 Å². The fourth-order valence-electron chi connectivity index (χ4n) is 5.19. The summed E-state index contributed by atoms with van der Waals surface area (Å²) in [6, 6.07) is 3.40. The minimum Gasteiger partial charge on any atom is -0.437 e. The lowest BCUT2D eigenvalue weighted by Gasteiger charge is -2.42. The van der Waals surface area contributed by atoms with E-state index in [1.165, 1.54) is 38.2 Å². The van der Waals surface area contributed by atoms with E-state index >= 15 is 0 Å². The standard InChI is InChI=1S/C22H26O6/c1-25-21(23)27-17-11-12-18(28-22(24)26-2)20-16-10-6-4-8-14(16)13-7-3-5-9-15(13)19(17)20/h11-12,15-16H,3-10H2,1-2H3/t15-,16+. The molecule has 28 heavy (non-hydrogen) atoms. The van der Waals surface area contributed by atoms with E-state index in [1.54, 1.807) is 12.1 Å². The van der Waals surface area contributed by atoms with Crippen molar-refractivity contribution < 1.29 is 28.5 Å². The predicted octanol–water partition coefficient (Wildman–Crippen LogP) is 5.60. The van der Waals surface area contributed by atoms with Gasteiger partial charge in [-0.1, -0.05) is 24.0 Å². The van der Waals surface area contributed by atoms with E-state index in [-0.39, 0.29) is 11.8 Å². The lowest BCUT2D eigenvalue weighted by atomic mass is 9.63. The average molecular weight is 386 g/mol. The van der Waals surface area contributed by atoms with Gasteiger partial charge in [0.15, 0.2) is 0 Å². The summed E-state index contributed by atoms with van der Waals surface area (Å²) in [7, 11) is 2.60. The molecule has 0 bridgehead atoms. The first-order valence-corrected chi connectivity index (χ1v) is 10.0. The Hall–Kier alpha value is -2.50. The lowest BCUT2D eigenvalue weighted by molar-refractivity contribution is 0.118. The fourth-order valence-corrected chi connectivity index (χ4v) is 5.19. The third kappa shape index (κ3) is 3.25. The smallest absolute Gasteiger partial charge is 0.437 e. The summed E-state index contributed by atoms with van der Waals surface area (Å²) in [5.41, 5.74) is 4.98. The summed E-state index contributed by atoms with van der Waals surface area (Å²) in [6.45, 7) is 0. The summed E-state index contributed by atoms with van der Waals surface area (Å²) < 4.78 is 20.5. The van der Waals surface area contributed by atoms with E-state index in [9.17, 15) is 9.59 Å². The molecular formula is C22H26O6. The zero-order chi connectivity index (χ0) is 19.7. The molecule has 0 unspecified atom stereocenters. The molecule has 0 aliphatic heterocycles. The monoisotopic (exact) mass is 386 g/mol. The molecule has 3 aliphatic rings. The van der Waals surface area contributed by atoms with Crippen molar-refractivity contribution in [1.82, 2.24) is 0 Å². The van der Waals surface area contributed by atoms with Crippen LogP contribution in [0.4, 0.5) is 9.59 Å². The molecule has 3 aliphatic carbocycles. The third-order valence-corrected chi connectivity index (χ3v) is 6.26. The minimum atomic E-state index is -0.736.